The maximum Gasteiger partial charge on any atom is 0.306 e. The van der Waals surface area contributed by atoms with E-state index in [1.165, 1.54) is 103 Å². The highest BCUT2D eigenvalue weighted by atomic mass is 16.6. The minimum absolute atomic E-state index is 0.0954. The van der Waals surface area contributed by atoms with E-state index >= 15 is 0 Å². The van der Waals surface area contributed by atoms with Crippen LogP contribution in [0.15, 0.2) is 72.9 Å². The Morgan fingerprint density at radius 2 is 0.746 bits per heavy atom. The largest absolute Gasteiger partial charge is 0.462 e. The molecule has 0 bridgehead atoms. The van der Waals surface area contributed by atoms with Gasteiger partial charge in [0.1, 0.15) is 13.2 Å². The number of rotatable bonds is 43. The predicted octanol–water partition coefficient (Wildman–Crippen LogP) is 15.9. The average Bonchev–Trinajstić information content (AvgIpc) is 3.23. The SMILES string of the molecule is CC\C=C/C=C\C=C/CCCCCCCCCC(=O)OC(COC(=O)CCC/C=C\C/C=C\C/C=C\CCCCCCCC)COC(=O)CCCCCCCCCCC. The van der Waals surface area contributed by atoms with Crippen LogP contribution in [0, 0.1) is 0 Å². The van der Waals surface area contributed by atoms with Gasteiger partial charge in [0, 0.05) is 19.3 Å². The molecule has 0 aromatic rings. The Labute approximate surface area is 363 Å². The molecule has 1 atom stereocenters. The second kappa shape index (κ2) is 47.5. The molecular formula is C53H90O6. The first-order valence-corrected chi connectivity index (χ1v) is 24.5. The van der Waals surface area contributed by atoms with E-state index in [4.69, 9.17) is 14.2 Å². The molecule has 338 valence electrons. The molecule has 0 spiro atoms. The number of carbonyl (C=O) groups is 3. The van der Waals surface area contributed by atoms with Crippen LogP contribution in [0.2, 0.25) is 0 Å². The van der Waals surface area contributed by atoms with Crippen LogP contribution in [-0.4, -0.2) is 37.2 Å². The van der Waals surface area contributed by atoms with Gasteiger partial charge in [0.15, 0.2) is 6.10 Å². The van der Waals surface area contributed by atoms with Crippen LogP contribution in [-0.2, 0) is 28.6 Å². The van der Waals surface area contributed by atoms with Crippen molar-refractivity contribution in [2.75, 3.05) is 13.2 Å². The lowest BCUT2D eigenvalue weighted by Gasteiger charge is -2.18. The first-order valence-electron chi connectivity index (χ1n) is 24.5. The van der Waals surface area contributed by atoms with Gasteiger partial charge in [0.25, 0.3) is 0 Å². The molecule has 0 fully saturated rings. The standard InChI is InChI=1S/C53H90O6/c1-4-7-10-13-16-19-21-23-25-26-28-29-31-34-37-40-43-46-52(55)58-49-50(48-57-51(54)45-42-39-36-33-18-15-12-9-6-3)59-53(56)47-44-41-38-35-32-30-27-24-22-20-17-14-11-8-5-2/h8,11,14,17,20,22-23,25,28-29,34,37,50H,4-7,9-10,12-13,15-16,18-19,21,24,26-27,30-33,35-36,38-49H2,1-3H3/b11-8-,17-14-,22-20-,25-23-,29-28-,37-34-. The number of unbranched alkanes of at least 4 members (excludes halogenated alkanes) is 22. The first-order chi connectivity index (χ1) is 29.0. The molecule has 6 nitrogen and oxygen atoms in total. The summed E-state index contributed by atoms with van der Waals surface area (Å²) in [5.41, 5.74) is 0. The van der Waals surface area contributed by atoms with Crippen molar-refractivity contribution < 1.29 is 28.6 Å². The Bertz CT molecular complexity index is 1130. The van der Waals surface area contributed by atoms with Gasteiger partial charge in [-0.05, 0) is 70.6 Å². The van der Waals surface area contributed by atoms with Crippen LogP contribution < -0.4 is 0 Å². The Morgan fingerprint density at radius 3 is 1.24 bits per heavy atom. The molecule has 0 aromatic heterocycles. The summed E-state index contributed by atoms with van der Waals surface area (Å²) in [6.45, 7) is 6.42. The smallest absolute Gasteiger partial charge is 0.306 e. The average molecular weight is 823 g/mol. The van der Waals surface area contributed by atoms with Gasteiger partial charge in [-0.2, -0.15) is 0 Å². The number of hydrogen-bond acceptors (Lipinski definition) is 6. The summed E-state index contributed by atoms with van der Waals surface area (Å²) in [7, 11) is 0. The van der Waals surface area contributed by atoms with E-state index in [0.29, 0.717) is 19.3 Å². The second-order valence-electron chi connectivity index (χ2n) is 16.1. The van der Waals surface area contributed by atoms with Crippen molar-refractivity contribution in [1.82, 2.24) is 0 Å². The summed E-state index contributed by atoms with van der Waals surface area (Å²) in [5.74, 6) is -0.967. The Morgan fingerprint density at radius 1 is 0.373 bits per heavy atom. The van der Waals surface area contributed by atoms with Gasteiger partial charge in [-0.3, -0.25) is 14.4 Å². The minimum Gasteiger partial charge on any atom is -0.462 e. The van der Waals surface area contributed by atoms with Crippen LogP contribution in [0.4, 0.5) is 0 Å². The normalized spacial score (nSPS) is 12.7. The van der Waals surface area contributed by atoms with Crippen molar-refractivity contribution in [3.05, 3.63) is 72.9 Å². The molecule has 0 saturated heterocycles. The summed E-state index contributed by atoms with van der Waals surface area (Å²) in [6, 6.07) is 0. The van der Waals surface area contributed by atoms with Crippen molar-refractivity contribution in [3.8, 4) is 0 Å². The van der Waals surface area contributed by atoms with Gasteiger partial charge < -0.3 is 14.2 Å². The van der Waals surface area contributed by atoms with Crippen molar-refractivity contribution in [1.29, 1.82) is 0 Å². The molecule has 0 heterocycles. The minimum atomic E-state index is -0.798. The van der Waals surface area contributed by atoms with E-state index in [1.807, 2.05) is 0 Å². The van der Waals surface area contributed by atoms with Crippen LogP contribution in [0.25, 0.3) is 0 Å². The van der Waals surface area contributed by atoms with E-state index in [1.54, 1.807) is 0 Å². The van der Waals surface area contributed by atoms with Crippen LogP contribution in [0.1, 0.15) is 226 Å². The van der Waals surface area contributed by atoms with Crippen molar-refractivity contribution in [3.63, 3.8) is 0 Å². The molecule has 0 aliphatic rings. The predicted molar refractivity (Wildman–Crippen MR) is 251 cm³/mol. The number of allylic oxidation sites excluding steroid dienone is 12. The van der Waals surface area contributed by atoms with E-state index in [2.05, 4.69) is 93.7 Å². The zero-order valence-corrected chi connectivity index (χ0v) is 38.5. The molecular weight excluding hydrogens is 733 g/mol. The third kappa shape index (κ3) is 45.8. The van der Waals surface area contributed by atoms with Gasteiger partial charge in [0.05, 0.1) is 0 Å². The highest BCUT2D eigenvalue weighted by Crippen LogP contribution is 2.14. The second-order valence-corrected chi connectivity index (χ2v) is 16.1. The fourth-order valence-electron chi connectivity index (χ4n) is 6.57. The zero-order chi connectivity index (χ0) is 43.0. The Kier molecular flexibility index (Phi) is 45.0. The van der Waals surface area contributed by atoms with E-state index in [0.717, 1.165) is 77.0 Å². The zero-order valence-electron chi connectivity index (χ0n) is 38.5. The maximum absolute atomic E-state index is 12.7. The van der Waals surface area contributed by atoms with Crippen LogP contribution >= 0.6 is 0 Å². The highest BCUT2D eigenvalue weighted by Gasteiger charge is 2.19. The molecule has 0 radical (unpaired) electrons. The third-order valence-electron chi connectivity index (χ3n) is 10.3. The van der Waals surface area contributed by atoms with Gasteiger partial charge in [0.2, 0.25) is 0 Å². The summed E-state index contributed by atoms with van der Waals surface area (Å²) < 4.78 is 16.7. The third-order valence-corrected chi connectivity index (χ3v) is 10.3. The van der Waals surface area contributed by atoms with Gasteiger partial charge in [-0.25, -0.2) is 0 Å². The molecule has 0 amide bonds. The molecule has 0 saturated carbocycles. The molecule has 0 aliphatic heterocycles. The summed E-state index contributed by atoms with van der Waals surface area (Å²) in [5, 5.41) is 0. The quantitative estimate of drug-likeness (QED) is 0.0200. The number of carbonyl (C=O) groups excluding carboxylic acids is 3. The van der Waals surface area contributed by atoms with Gasteiger partial charge in [-0.15, -0.1) is 0 Å². The molecule has 0 aliphatic carbocycles. The number of hydrogen-bond donors (Lipinski definition) is 0. The summed E-state index contributed by atoms with van der Waals surface area (Å²) in [4.78, 5) is 37.8. The fourth-order valence-corrected chi connectivity index (χ4v) is 6.57. The summed E-state index contributed by atoms with van der Waals surface area (Å²) in [6.07, 6.45) is 58.9. The topological polar surface area (TPSA) is 78.9 Å². The molecule has 1 unspecified atom stereocenters. The lowest BCUT2D eigenvalue weighted by molar-refractivity contribution is -0.167. The number of ether oxygens (including phenoxy) is 3. The van der Waals surface area contributed by atoms with Gasteiger partial charge in [-0.1, -0.05) is 209 Å². The van der Waals surface area contributed by atoms with Crippen LogP contribution in [0.5, 0.6) is 0 Å². The molecule has 59 heavy (non-hydrogen) atoms. The number of esters is 3. The monoisotopic (exact) mass is 823 g/mol. The van der Waals surface area contributed by atoms with Gasteiger partial charge >= 0.3 is 17.9 Å². The first kappa shape index (κ1) is 55.9. The fraction of sp³-hybridized carbons (Fsp3) is 0.717. The van der Waals surface area contributed by atoms with E-state index < -0.39 is 6.10 Å². The lowest BCUT2D eigenvalue weighted by Crippen LogP contribution is -2.30. The van der Waals surface area contributed by atoms with Crippen molar-refractivity contribution >= 4 is 17.9 Å². The molecule has 0 aromatic carbocycles. The lowest BCUT2D eigenvalue weighted by atomic mass is 10.1. The molecule has 0 N–H and O–H groups in total. The van der Waals surface area contributed by atoms with Crippen molar-refractivity contribution in [2.45, 2.75) is 232 Å². The van der Waals surface area contributed by atoms with E-state index in [-0.39, 0.29) is 37.5 Å². The molecule has 6 heteroatoms. The maximum atomic E-state index is 12.7. The Balaban J connectivity index is 4.44. The van der Waals surface area contributed by atoms with Crippen LogP contribution in [0.3, 0.4) is 0 Å². The highest BCUT2D eigenvalue weighted by molar-refractivity contribution is 5.71. The molecule has 0 rings (SSSR count). The Hall–Kier alpha value is -3.15. The summed E-state index contributed by atoms with van der Waals surface area (Å²) >= 11 is 0. The van der Waals surface area contributed by atoms with E-state index in [9.17, 15) is 14.4 Å². The van der Waals surface area contributed by atoms with Crippen molar-refractivity contribution in [2.24, 2.45) is 0 Å².